The molecule has 0 atom stereocenters. The monoisotopic (exact) mass is 396 g/mol. The Morgan fingerprint density at radius 3 is 2.69 bits per heavy atom. The number of hydrogen-bond donors (Lipinski definition) is 0. The van der Waals surface area contributed by atoms with Gasteiger partial charge in [-0.25, -0.2) is 4.79 Å². The van der Waals surface area contributed by atoms with Crippen LogP contribution in [0.4, 0.5) is 5.69 Å². The quantitative estimate of drug-likeness (QED) is 0.121. The van der Waals surface area contributed by atoms with Gasteiger partial charge in [-0.2, -0.15) is 5.26 Å². The Labute approximate surface area is 169 Å². The van der Waals surface area contributed by atoms with Crippen molar-refractivity contribution in [1.82, 2.24) is 0 Å². The highest BCUT2D eigenvalue weighted by atomic mass is 16.6. The molecule has 0 aliphatic rings. The van der Waals surface area contributed by atoms with Crippen molar-refractivity contribution in [2.75, 3.05) is 6.61 Å². The lowest BCUT2D eigenvalue weighted by atomic mass is 10.1. The lowest BCUT2D eigenvalue weighted by Gasteiger charge is -2.03. The van der Waals surface area contributed by atoms with E-state index >= 15 is 0 Å². The molecule has 152 valence electrons. The average molecular weight is 396 g/mol. The number of nitriles is 1. The van der Waals surface area contributed by atoms with Crippen LogP contribution in [-0.4, -0.2) is 17.5 Å². The molecule has 0 saturated carbocycles. The average Bonchev–Trinajstić information content (AvgIpc) is 3.20. The summed E-state index contributed by atoms with van der Waals surface area (Å²) >= 11 is 0. The molecule has 7 heteroatoms. The van der Waals surface area contributed by atoms with Crippen molar-refractivity contribution in [1.29, 1.82) is 5.26 Å². The summed E-state index contributed by atoms with van der Waals surface area (Å²) in [5.74, 6) is 0.00613. The summed E-state index contributed by atoms with van der Waals surface area (Å²) < 4.78 is 10.8. The zero-order valence-electron chi connectivity index (χ0n) is 16.4. The van der Waals surface area contributed by atoms with E-state index in [1.165, 1.54) is 37.5 Å². The van der Waals surface area contributed by atoms with Gasteiger partial charge in [-0.15, -0.1) is 0 Å². The van der Waals surface area contributed by atoms with E-state index in [2.05, 4.69) is 6.92 Å². The fourth-order valence-electron chi connectivity index (χ4n) is 2.76. The van der Waals surface area contributed by atoms with Crippen LogP contribution in [0.5, 0.6) is 0 Å². The van der Waals surface area contributed by atoms with E-state index in [1.54, 1.807) is 24.3 Å². The van der Waals surface area contributed by atoms with Gasteiger partial charge in [-0.3, -0.25) is 10.1 Å². The molecule has 0 radical (unpaired) electrons. The third kappa shape index (κ3) is 6.92. The van der Waals surface area contributed by atoms with Crippen molar-refractivity contribution in [2.45, 2.75) is 45.4 Å². The lowest BCUT2D eigenvalue weighted by Crippen LogP contribution is -2.07. The number of nitrogens with zero attached hydrogens (tertiary/aromatic N) is 2. The topological polar surface area (TPSA) is 106 Å². The number of nitro benzene ring substituents is 1. The van der Waals surface area contributed by atoms with Crippen LogP contribution in [0.1, 0.15) is 51.2 Å². The van der Waals surface area contributed by atoms with Crippen molar-refractivity contribution < 1.29 is 18.9 Å². The van der Waals surface area contributed by atoms with Crippen molar-refractivity contribution in [3.8, 4) is 17.4 Å². The summed E-state index contributed by atoms with van der Waals surface area (Å²) in [5.41, 5.74) is 0.325. The number of nitro groups is 1. The summed E-state index contributed by atoms with van der Waals surface area (Å²) in [6.45, 7) is 2.43. The van der Waals surface area contributed by atoms with Crippen molar-refractivity contribution in [2.24, 2.45) is 0 Å². The maximum Gasteiger partial charge on any atom is 0.349 e. The molecule has 2 rings (SSSR count). The normalized spacial score (nSPS) is 11.1. The van der Waals surface area contributed by atoms with Crippen LogP contribution in [0.3, 0.4) is 0 Å². The largest absolute Gasteiger partial charge is 0.462 e. The predicted octanol–water partition coefficient (Wildman–Crippen LogP) is 5.67. The molecular weight excluding hydrogens is 372 g/mol. The van der Waals surface area contributed by atoms with Gasteiger partial charge >= 0.3 is 5.97 Å². The van der Waals surface area contributed by atoms with Gasteiger partial charge in [0.1, 0.15) is 23.2 Å². The van der Waals surface area contributed by atoms with Crippen LogP contribution in [0.25, 0.3) is 17.4 Å². The molecular formula is C22H24N2O5. The number of non-ortho nitro benzene ring substituents is 1. The van der Waals surface area contributed by atoms with E-state index in [9.17, 15) is 20.2 Å². The van der Waals surface area contributed by atoms with Crippen LogP contribution >= 0.6 is 0 Å². The van der Waals surface area contributed by atoms with E-state index in [0.717, 1.165) is 19.3 Å². The molecule has 1 aromatic heterocycles. The third-order valence-electron chi connectivity index (χ3n) is 4.33. The lowest BCUT2D eigenvalue weighted by molar-refractivity contribution is -0.384. The molecule has 29 heavy (non-hydrogen) atoms. The van der Waals surface area contributed by atoms with E-state index in [4.69, 9.17) is 9.15 Å². The summed E-state index contributed by atoms with van der Waals surface area (Å²) in [6.07, 6.45) is 7.75. The Morgan fingerprint density at radius 2 is 1.97 bits per heavy atom. The first-order valence-corrected chi connectivity index (χ1v) is 9.68. The first-order chi connectivity index (χ1) is 14.0. The molecule has 1 heterocycles. The number of unbranched alkanes of at least 4 members (excludes halogenated alkanes) is 5. The van der Waals surface area contributed by atoms with Crippen LogP contribution in [0.2, 0.25) is 0 Å². The van der Waals surface area contributed by atoms with Crippen molar-refractivity contribution >= 4 is 17.7 Å². The van der Waals surface area contributed by atoms with Gasteiger partial charge in [0.2, 0.25) is 0 Å². The highest BCUT2D eigenvalue weighted by Gasteiger charge is 2.13. The van der Waals surface area contributed by atoms with Gasteiger partial charge < -0.3 is 9.15 Å². The number of esters is 1. The SMILES string of the molecule is CCCCCCCCOC(=O)C(C#N)=Cc1ccc(-c2cccc([N+](=O)[O-])c2)o1. The van der Waals surface area contributed by atoms with E-state index in [-0.39, 0.29) is 17.9 Å². The number of carbonyl (C=O) groups excluding carboxylic acids is 1. The minimum absolute atomic E-state index is 0.0491. The van der Waals surface area contributed by atoms with Gasteiger partial charge in [0.15, 0.2) is 0 Å². The second-order valence-corrected chi connectivity index (χ2v) is 6.58. The number of hydrogen-bond acceptors (Lipinski definition) is 6. The van der Waals surface area contributed by atoms with Gasteiger partial charge in [0, 0.05) is 23.8 Å². The van der Waals surface area contributed by atoms with Crippen molar-refractivity contribution in [3.05, 3.63) is 57.8 Å². The molecule has 1 aromatic carbocycles. The van der Waals surface area contributed by atoms with E-state index in [0.29, 0.717) is 17.1 Å². The number of furan rings is 1. The van der Waals surface area contributed by atoms with Crippen LogP contribution in [0.15, 0.2) is 46.4 Å². The second-order valence-electron chi connectivity index (χ2n) is 6.58. The fraction of sp³-hybridized carbons (Fsp3) is 0.364. The standard InChI is InChI=1S/C22H24N2O5/c1-2-3-4-5-6-7-13-28-22(25)18(16-23)15-20-11-12-21(29-20)17-9-8-10-19(14-17)24(26)27/h8-12,14-15H,2-7,13H2,1H3. The Kier molecular flexibility index (Phi) is 8.64. The summed E-state index contributed by atoms with van der Waals surface area (Å²) in [7, 11) is 0. The van der Waals surface area contributed by atoms with Crippen LogP contribution in [0, 0.1) is 21.4 Å². The number of ether oxygens (including phenoxy) is 1. The molecule has 0 aliphatic carbocycles. The molecule has 0 unspecified atom stereocenters. The Morgan fingerprint density at radius 1 is 1.21 bits per heavy atom. The van der Waals surface area contributed by atoms with Crippen LogP contribution < -0.4 is 0 Å². The molecule has 0 fully saturated rings. The molecule has 7 nitrogen and oxygen atoms in total. The minimum Gasteiger partial charge on any atom is -0.462 e. The van der Waals surface area contributed by atoms with Crippen LogP contribution in [-0.2, 0) is 9.53 Å². The fourth-order valence-corrected chi connectivity index (χ4v) is 2.76. The molecule has 0 N–H and O–H groups in total. The van der Waals surface area contributed by atoms with Gasteiger partial charge in [-0.05, 0) is 18.6 Å². The van der Waals surface area contributed by atoms with E-state index < -0.39 is 10.9 Å². The maximum absolute atomic E-state index is 12.1. The third-order valence-corrected chi connectivity index (χ3v) is 4.33. The Hall–Kier alpha value is -3.40. The highest BCUT2D eigenvalue weighted by molar-refractivity contribution is 5.97. The smallest absolute Gasteiger partial charge is 0.349 e. The highest BCUT2D eigenvalue weighted by Crippen LogP contribution is 2.26. The Balaban J connectivity index is 1.96. The van der Waals surface area contributed by atoms with Gasteiger partial charge in [0.05, 0.1) is 11.5 Å². The molecule has 0 aliphatic heterocycles. The second kappa shape index (κ2) is 11.4. The Bertz CT molecular complexity index is 908. The van der Waals surface area contributed by atoms with Crippen molar-refractivity contribution in [3.63, 3.8) is 0 Å². The van der Waals surface area contributed by atoms with E-state index in [1.807, 2.05) is 6.07 Å². The maximum atomic E-state index is 12.1. The molecule has 0 amide bonds. The first kappa shape index (κ1) is 21.9. The first-order valence-electron chi connectivity index (χ1n) is 9.68. The summed E-state index contributed by atoms with van der Waals surface area (Å²) in [5, 5.41) is 20.1. The van der Waals surface area contributed by atoms with Gasteiger partial charge in [0.25, 0.3) is 5.69 Å². The molecule has 0 spiro atoms. The minimum atomic E-state index is -0.686. The number of rotatable bonds is 11. The molecule has 2 aromatic rings. The summed E-state index contributed by atoms with van der Waals surface area (Å²) in [4.78, 5) is 22.5. The number of benzene rings is 1. The molecule has 0 saturated heterocycles. The predicted molar refractivity (Wildman–Crippen MR) is 109 cm³/mol. The van der Waals surface area contributed by atoms with Gasteiger partial charge in [-0.1, -0.05) is 51.2 Å². The number of carbonyl (C=O) groups is 1. The molecule has 0 bridgehead atoms. The zero-order chi connectivity index (χ0) is 21.1. The zero-order valence-corrected chi connectivity index (χ0v) is 16.4. The summed E-state index contributed by atoms with van der Waals surface area (Å²) in [6, 6.07) is 11.1.